The lowest BCUT2D eigenvalue weighted by atomic mass is 10.0. The molecule has 0 saturated carbocycles. The zero-order valence-corrected chi connectivity index (χ0v) is 12.0. The summed E-state index contributed by atoms with van der Waals surface area (Å²) in [6, 6.07) is 8.24. The molecule has 0 aliphatic carbocycles. The van der Waals surface area contributed by atoms with Gasteiger partial charge in [0.05, 0.1) is 11.6 Å². The third-order valence-corrected chi connectivity index (χ3v) is 4.36. The fourth-order valence-electron chi connectivity index (χ4n) is 3.07. The Labute approximate surface area is 119 Å². The molecule has 1 atom stereocenters. The maximum atomic E-state index is 12.4. The summed E-state index contributed by atoms with van der Waals surface area (Å²) in [6.07, 6.45) is 6.62. The van der Waals surface area contributed by atoms with Crippen LogP contribution in [0.25, 0.3) is 10.8 Å². The van der Waals surface area contributed by atoms with Crippen molar-refractivity contribution in [3.8, 4) is 0 Å². The molecule has 2 aromatic rings. The van der Waals surface area contributed by atoms with Gasteiger partial charge in [-0.3, -0.25) is 4.79 Å². The van der Waals surface area contributed by atoms with E-state index >= 15 is 0 Å². The van der Waals surface area contributed by atoms with Crippen LogP contribution in [0.15, 0.2) is 35.3 Å². The Morgan fingerprint density at radius 2 is 2.15 bits per heavy atom. The topological polar surface area (TPSA) is 38.1 Å². The largest absolute Gasteiger partial charge is 0.303 e. The number of likely N-dealkylation sites (tertiary alicyclic amines) is 1. The second kappa shape index (κ2) is 5.75. The highest BCUT2D eigenvalue weighted by atomic mass is 16.1. The molecule has 0 spiro atoms. The molecule has 0 bridgehead atoms. The molecule has 1 aliphatic rings. The van der Waals surface area contributed by atoms with Crippen LogP contribution in [0.5, 0.6) is 0 Å². The maximum absolute atomic E-state index is 12.4. The van der Waals surface area contributed by atoms with E-state index in [1.54, 1.807) is 10.9 Å². The SMILES string of the molecule is CN1CCCC[C@@H]1CCn1ncc2ccccc2c1=O. The Kier molecular flexibility index (Phi) is 3.83. The molecule has 0 radical (unpaired) electrons. The van der Waals surface area contributed by atoms with Gasteiger partial charge in [-0.05, 0) is 38.9 Å². The van der Waals surface area contributed by atoms with Crippen molar-refractivity contribution in [3.63, 3.8) is 0 Å². The van der Waals surface area contributed by atoms with Crippen molar-refractivity contribution in [2.24, 2.45) is 0 Å². The summed E-state index contributed by atoms with van der Waals surface area (Å²) in [7, 11) is 2.18. The first-order valence-electron chi connectivity index (χ1n) is 7.41. The van der Waals surface area contributed by atoms with Crippen LogP contribution in [0, 0.1) is 0 Å². The summed E-state index contributed by atoms with van der Waals surface area (Å²) < 4.78 is 1.62. The summed E-state index contributed by atoms with van der Waals surface area (Å²) in [5.74, 6) is 0. The predicted molar refractivity (Wildman–Crippen MR) is 80.9 cm³/mol. The molecule has 1 aliphatic heterocycles. The Morgan fingerprint density at radius 1 is 1.30 bits per heavy atom. The van der Waals surface area contributed by atoms with Crippen LogP contribution in [0.3, 0.4) is 0 Å². The van der Waals surface area contributed by atoms with Gasteiger partial charge in [0.2, 0.25) is 0 Å². The molecule has 3 rings (SSSR count). The number of hydrogen-bond donors (Lipinski definition) is 0. The van der Waals surface area contributed by atoms with Gasteiger partial charge in [0.25, 0.3) is 5.56 Å². The number of aromatic nitrogens is 2. The summed E-state index contributed by atoms with van der Waals surface area (Å²) in [4.78, 5) is 14.8. The van der Waals surface area contributed by atoms with Crippen molar-refractivity contribution in [1.82, 2.24) is 14.7 Å². The second-order valence-electron chi connectivity index (χ2n) is 5.68. The van der Waals surface area contributed by atoms with Crippen LogP contribution in [0.4, 0.5) is 0 Å². The van der Waals surface area contributed by atoms with Gasteiger partial charge in [0, 0.05) is 18.0 Å². The molecule has 0 unspecified atom stereocenters. The Morgan fingerprint density at radius 3 is 3.00 bits per heavy atom. The molecule has 1 aromatic heterocycles. The van der Waals surface area contributed by atoms with Crippen molar-refractivity contribution in [2.45, 2.75) is 38.3 Å². The minimum absolute atomic E-state index is 0.0292. The molecule has 1 aromatic carbocycles. The van der Waals surface area contributed by atoms with Crippen LogP contribution in [-0.4, -0.2) is 34.3 Å². The van der Waals surface area contributed by atoms with Gasteiger partial charge in [-0.25, -0.2) is 4.68 Å². The molecule has 106 valence electrons. The molecule has 0 N–H and O–H groups in total. The van der Waals surface area contributed by atoms with Crippen molar-refractivity contribution in [1.29, 1.82) is 0 Å². The van der Waals surface area contributed by atoms with Crippen LogP contribution in [0.1, 0.15) is 25.7 Å². The Balaban J connectivity index is 1.77. The monoisotopic (exact) mass is 271 g/mol. The minimum atomic E-state index is 0.0292. The van der Waals surface area contributed by atoms with E-state index < -0.39 is 0 Å². The number of benzene rings is 1. The van der Waals surface area contributed by atoms with Gasteiger partial charge >= 0.3 is 0 Å². The number of hydrogen-bond acceptors (Lipinski definition) is 3. The minimum Gasteiger partial charge on any atom is -0.303 e. The summed E-state index contributed by atoms with van der Waals surface area (Å²) in [5.41, 5.74) is 0.0292. The van der Waals surface area contributed by atoms with E-state index in [4.69, 9.17) is 0 Å². The number of rotatable bonds is 3. The third kappa shape index (κ3) is 2.61. The van der Waals surface area contributed by atoms with Gasteiger partial charge < -0.3 is 4.90 Å². The second-order valence-corrected chi connectivity index (χ2v) is 5.68. The van der Waals surface area contributed by atoms with Crippen LogP contribution in [0.2, 0.25) is 0 Å². The molecular weight excluding hydrogens is 250 g/mol. The van der Waals surface area contributed by atoms with Gasteiger partial charge in [-0.15, -0.1) is 0 Å². The molecule has 0 amide bonds. The number of aryl methyl sites for hydroxylation is 1. The van der Waals surface area contributed by atoms with E-state index in [0.717, 1.165) is 17.2 Å². The molecule has 20 heavy (non-hydrogen) atoms. The van der Waals surface area contributed by atoms with Gasteiger partial charge in [-0.1, -0.05) is 24.6 Å². The molecule has 1 fully saturated rings. The first-order valence-corrected chi connectivity index (χ1v) is 7.41. The predicted octanol–water partition coefficient (Wildman–Crippen LogP) is 2.27. The van der Waals surface area contributed by atoms with Gasteiger partial charge in [0.1, 0.15) is 0 Å². The van der Waals surface area contributed by atoms with Crippen LogP contribution < -0.4 is 5.56 Å². The standard InChI is InChI=1S/C16H21N3O/c1-18-10-5-4-7-14(18)9-11-19-16(20)15-8-3-2-6-13(15)12-17-19/h2-3,6,8,12,14H,4-5,7,9-11H2,1H3/t14-/m1/s1. The molecule has 2 heterocycles. The van der Waals surface area contributed by atoms with E-state index in [9.17, 15) is 4.79 Å². The molecule has 4 heteroatoms. The summed E-state index contributed by atoms with van der Waals surface area (Å²) in [5, 5.41) is 5.98. The van der Waals surface area contributed by atoms with Crippen molar-refractivity contribution < 1.29 is 0 Å². The first kappa shape index (κ1) is 13.3. The lowest BCUT2D eigenvalue weighted by molar-refractivity contribution is 0.169. The molecule has 4 nitrogen and oxygen atoms in total. The average molecular weight is 271 g/mol. The maximum Gasteiger partial charge on any atom is 0.274 e. The lowest BCUT2D eigenvalue weighted by Crippen LogP contribution is -2.37. The number of nitrogens with zero attached hydrogens (tertiary/aromatic N) is 3. The van der Waals surface area contributed by atoms with Crippen molar-refractivity contribution in [2.75, 3.05) is 13.6 Å². The van der Waals surface area contributed by atoms with Crippen LogP contribution >= 0.6 is 0 Å². The Hall–Kier alpha value is -1.68. The summed E-state index contributed by atoms with van der Waals surface area (Å²) >= 11 is 0. The highest BCUT2D eigenvalue weighted by molar-refractivity contribution is 5.80. The van der Waals surface area contributed by atoms with E-state index in [1.165, 1.54) is 25.8 Å². The number of piperidine rings is 1. The van der Waals surface area contributed by atoms with E-state index in [1.807, 2.05) is 24.3 Å². The summed E-state index contributed by atoms with van der Waals surface area (Å²) in [6.45, 7) is 1.88. The smallest absolute Gasteiger partial charge is 0.274 e. The zero-order chi connectivity index (χ0) is 13.9. The fraction of sp³-hybridized carbons (Fsp3) is 0.500. The third-order valence-electron chi connectivity index (χ3n) is 4.36. The highest BCUT2D eigenvalue weighted by Crippen LogP contribution is 2.18. The first-order chi connectivity index (χ1) is 9.75. The van der Waals surface area contributed by atoms with E-state index in [0.29, 0.717) is 12.6 Å². The Bertz CT molecular complexity index is 649. The van der Waals surface area contributed by atoms with E-state index in [-0.39, 0.29) is 5.56 Å². The van der Waals surface area contributed by atoms with Crippen molar-refractivity contribution in [3.05, 3.63) is 40.8 Å². The lowest BCUT2D eigenvalue weighted by Gasteiger charge is -2.32. The molecular formula is C16H21N3O. The van der Waals surface area contributed by atoms with Crippen LogP contribution in [-0.2, 0) is 6.54 Å². The molecule has 1 saturated heterocycles. The fourth-order valence-corrected chi connectivity index (χ4v) is 3.07. The highest BCUT2D eigenvalue weighted by Gasteiger charge is 2.18. The van der Waals surface area contributed by atoms with E-state index in [2.05, 4.69) is 17.0 Å². The van der Waals surface area contributed by atoms with Gasteiger partial charge in [-0.2, -0.15) is 5.10 Å². The average Bonchev–Trinajstić information content (AvgIpc) is 2.48. The normalized spacial score (nSPS) is 20.4. The number of fused-ring (bicyclic) bond motifs is 1. The quantitative estimate of drug-likeness (QED) is 0.859. The van der Waals surface area contributed by atoms with Crippen molar-refractivity contribution >= 4 is 10.8 Å². The zero-order valence-electron chi connectivity index (χ0n) is 12.0. The van der Waals surface area contributed by atoms with Gasteiger partial charge in [0.15, 0.2) is 0 Å².